The highest BCUT2D eigenvalue weighted by Gasteiger charge is 2.17. The van der Waals surface area contributed by atoms with Crippen molar-refractivity contribution in [1.29, 1.82) is 0 Å². The second-order valence-electron chi connectivity index (χ2n) is 3.71. The van der Waals surface area contributed by atoms with E-state index < -0.39 is 0 Å². The van der Waals surface area contributed by atoms with Crippen LogP contribution in [0.3, 0.4) is 0 Å². The molecule has 0 aliphatic carbocycles. The molecule has 1 aromatic carbocycles. The van der Waals surface area contributed by atoms with E-state index in [0.29, 0.717) is 5.69 Å². The van der Waals surface area contributed by atoms with E-state index in [2.05, 4.69) is 26.2 Å². The zero-order chi connectivity index (χ0) is 12.3. The molecule has 1 atom stereocenters. The summed E-state index contributed by atoms with van der Waals surface area (Å²) in [6, 6.07) is 9.91. The van der Waals surface area contributed by atoms with Crippen molar-refractivity contribution in [2.75, 3.05) is 5.33 Å². The summed E-state index contributed by atoms with van der Waals surface area (Å²) in [6.45, 7) is 2.00. The molecule has 0 spiro atoms. The van der Waals surface area contributed by atoms with Gasteiger partial charge in [0, 0.05) is 0 Å². The summed E-state index contributed by atoms with van der Waals surface area (Å²) in [5.74, 6) is -0.0159. The van der Waals surface area contributed by atoms with Crippen molar-refractivity contribution in [3.05, 3.63) is 47.8 Å². The molecule has 0 unspecified atom stereocenters. The molecule has 0 saturated carbocycles. The van der Waals surface area contributed by atoms with Crippen LogP contribution in [-0.2, 0) is 0 Å². The number of ketones is 1. The van der Waals surface area contributed by atoms with Crippen LogP contribution in [0, 0.1) is 0 Å². The molecule has 0 N–H and O–H groups in total. The molecule has 1 heterocycles. The third-order valence-corrected chi connectivity index (χ3v) is 3.14. The summed E-state index contributed by atoms with van der Waals surface area (Å²) in [5.41, 5.74) is 1.62. The molecule has 0 aliphatic heterocycles. The molecule has 2 aromatic rings. The minimum absolute atomic E-state index is 0.00306. The smallest absolute Gasteiger partial charge is 0.193 e. The topological polar surface area (TPSA) is 47.8 Å². The predicted octanol–water partition coefficient (Wildman–Crippen LogP) is 2.46. The van der Waals surface area contributed by atoms with Crippen molar-refractivity contribution < 1.29 is 4.79 Å². The van der Waals surface area contributed by atoms with Gasteiger partial charge in [0.15, 0.2) is 5.78 Å². The predicted molar refractivity (Wildman–Crippen MR) is 68.4 cm³/mol. The van der Waals surface area contributed by atoms with Gasteiger partial charge in [-0.3, -0.25) is 4.79 Å². The van der Waals surface area contributed by atoms with Gasteiger partial charge < -0.3 is 0 Å². The van der Waals surface area contributed by atoms with E-state index >= 15 is 0 Å². The Kier molecular flexibility index (Phi) is 3.68. The van der Waals surface area contributed by atoms with Crippen LogP contribution in [0.5, 0.6) is 0 Å². The van der Waals surface area contributed by atoms with Crippen molar-refractivity contribution in [2.24, 2.45) is 0 Å². The largest absolute Gasteiger partial charge is 0.291 e. The van der Waals surface area contributed by atoms with Crippen LogP contribution in [0.4, 0.5) is 0 Å². The van der Waals surface area contributed by atoms with E-state index in [0.717, 1.165) is 5.56 Å². The Morgan fingerprint density at radius 3 is 2.76 bits per heavy atom. The lowest BCUT2D eigenvalue weighted by atomic mass is 10.1. The van der Waals surface area contributed by atoms with Crippen LogP contribution in [0.15, 0.2) is 36.5 Å². The number of carbonyl (C=O) groups is 1. The summed E-state index contributed by atoms with van der Waals surface area (Å²) >= 11 is 3.16. The number of nitrogens with zero attached hydrogens (tertiary/aromatic N) is 3. The summed E-state index contributed by atoms with van der Waals surface area (Å²) < 4.78 is 1.65. The first kappa shape index (κ1) is 12.0. The number of rotatable bonds is 4. The van der Waals surface area contributed by atoms with Crippen molar-refractivity contribution in [1.82, 2.24) is 15.0 Å². The maximum absolute atomic E-state index is 11.7. The van der Waals surface area contributed by atoms with E-state index in [1.54, 1.807) is 4.68 Å². The zero-order valence-corrected chi connectivity index (χ0v) is 11.0. The Balaban J connectivity index is 2.35. The number of benzene rings is 1. The number of aromatic nitrogens is 3. The third kappa shape index (κ3) is 2.44. The zero-order valence-electron chi connectivity index (χ0n) is 9.38. The standard InChI is InChI=1S/C12H12BrN3O/c1-9(10-5-3-2-4-6-10)16-11(8-14-15-16)12(17)7-13/h2-6,8-9H,7H2,1H3/t9-/m1/s1. The van der Waals surface area contributed by atoms with Gasteiger partial charge in [-0.1, -0.05) is 51.5 Å². The molecular weight excluding hydrogens is 282 g/mol. The first-order chi connectivity index (χ1) is 8.24. The average Bonchev–Trinajstić information content (AvgIpc) is 2.87. The Labute approximate surface area is 108 Å². The molecule has 5 heteroatoms. The Hall–Kier alpha value is -1.49. The molecule has 1 aromatic heterocycles. The normalized spacial score (nSPS) is 12.4. The molecular formula is C12H12BrN3O. The van der Waals surface area contributed by atoms with Gasteiger partial charge in [0.2, 0.25) is 0 Å². The van der Waals surface area contributed by atoms with Gasteiger partial charge in [-0.05, 0) is 12.5 Å². The summed E-state index contributed by atoms with van der Waals surface area (Å²) in [5, 5.41) is 8.08. The number of Topliss-reactive ketones (excluding diaryl/α,β-unsaturated/α-hetero) is 1. The molecule has 2 rings (SSSR count). The first-order valence-electron chi connectivity index (χ1n) is 5.28. The second kappa shape index (κ2) is 5.23. The van der Waals surface area contributed by atoms with E-state index in [9.17, 15) is 4.79 Å². The van der Waals surface area contributed by atoms with Gasteiger partial charge in [-0.15, -0.1) is 5.10 Å². The lowest BCUT2D eigenvalue weighted by Gasteiger charge is -2.13. The van der Waals surface area contributed by atoms with E-state index in [4.69, 9.17) is 0 Å². The fraction of sp³-hybridized carbons (Fsp3) is 0.250. The molecule has 0 amide bonds. The average molecular weight is 294 g/mol. The lowest BCUT2D eigenvalue weighted by Crippen LogP contribution is -2.16. The molecule has 0 radical (unpaired) electrons. The fourth-order valence-electron chi connectivity index (χ4n) is 1.67. The van der Waals surface area contributed by atoms with Crippen LogP contribution in [0.1, 0.15) is 29.0 Å². The summed E-state index contributed by atoms with van der Waals surface area (Å²) in [7, 11) is 0. The minimum atomic E-state index is -0.0159. The molecule has 0 fully saturated rings. The van der Waals surface area contributed by atoms with Crippen LogP contribution in [0.25, 0.3) is 0 Å². The van der Waals surface area contributed by atoms with Gasteiger partial charge in [-0.2, -0.15) is 0 Å². The molecule has 0 saturated heterocycles. The Bertz CT molecular complexity index is 509. The van der Waals surface area contributed by atoms with Crippen molar-refractivity contribution in [3.63, 3.8) is 0 Å². The molecule has 0 bridgehead atoms. The monoisotopic (exact) mass is 293 g/mol. The van der Waals surface area contributed by atoms with Gasteiger partial charge in [0.05, 0.1) is 17.6 Å². The second-order valence-corrected chi connectivity index (χ2v) is 4.27. The first-order valence-corrected chi connectivity index (χ1v) is 6.40. The number of halogens is 1. The van der Waals surface area contributed by atoms with Gasteiger partial charge in [-0.25, -0.2) is 4.68 Å². The Morgan fingerprint density at radius 1 is 1.41 bits per heavy atom. The molecule has 88 valence electrons. The molecule has 17 heavy (non-hydrogen) atoms. The maximum atomic E-state index is 11.7. The summed E-state index contributed by atoms with van der Waals surface area (Å²) in [6.07, 6.45) is 1.50. The molecule has 0 aliphatic rings. The SMILES string of the molecule is C[C@H](c1ccccc1)n1nncc1C(=O)CBr. The van der Waals surface area contributed by atoms with E-state index in [1.165, 1.54) is 6.20 Å². The number of hydrogen-bond donors (Lipinski definition) is 0. The maximum Gasteiger partial charge on any atom is 0.193 e. The highest BCUT2D eigenvalue weighted by atomic mass is 79.9. The van der Waals surface area contributed by atoms with Crippen molar-refractivity contribution in [2.45, 2.75) is 13.0 Å². The number of hydrogen-bond acceptors (Lipinski definition) is 3. The van der Waals surface area contributed by atoms with Crippen molar-refractivity contribution >= 4 is 21.7 Å². The highest BCUT2D eigenvalue weighted by Crippen LogP contribution is 2.18. The highest BCUT2D eigenvalue weighted by molar-refractivity contribution is 9.09. The van der Waals surface area contributed by atoms with E-state index in [1.807, 2.05) is 37.3 Å². The lowest BCUT2D eigenvalue weighted by molar-refractivity contribution is 0.101. The van der Waals surface area contributed by atoms with Crippen LogP contribution < -0.4 is 0 Å². The molecule has 4 nitrogen and oxygen atoms in total. The van der Waals surface area contributed by atoms with Crippen LogP contribution in [0.2, 0.25) is 0 Å². The Morgan fingerprint density at radius 2 is 2.12 bits per heavy atom. The minimum Gasteiger partial charge on any atom is -0.291 e. The fourth-order valence-corrected chi connectivity index (χ4v) is 1.96. The number of alkyl halides is 1. The number of carbonyl (C=O) groups excluding carboxylic acids is 1. The van der Waals surface area contributed by atoms with Gasteiger partial charge in [0.25, 0.3) is 0 Å². The quantitative estimate of drug-likeness (QED) is 0.643. The van der Waals surface area contributed by atoms with Gasteiger partial charge >= 0.3 is 0 Å². The van der Waals surface area contributed by atoms with Crippen molar-refractivity contribution in [3.8, 4) is 0 Å². The summed E-state index contributed by atoms with van der Waals surface area (Å²) in [4.78, 5) is 11.7. The van der Waals surface area contributed by atoms with Gasteiger partial charge in [0.1, 0.15) is 5.69 Å². The van der Waals surface area contributed by atoms with Crippen LogP contribution >= 0.6 is 15.9 Å². The third-order valence-electron chi connectivity index (χ3n) is 2.63. The van der Waals surface area contributed by atoms with E-state index in [-0.39, 0.29) is 17.2 Å². The van der Waals surface area contributed by atoms with Crippen LogP contribution in [-0.4, -0.2) is 26.1 Å².